The van der Waals surface area contributed by atoms with Crippen LogP contribution in [0.15, 0.2) is 40.9 Å². The average molecular weight is 429 g/mol. The van der Waals surface area contributed by atoms with Crippen molar-refractivity contribution < 1.29 is 14.4 Å². The fourth-order valence-electron chi connectivity index (χ4n) is 5.36. The zero-order valence-electron chi connectivity index (χ0n) is 14.9. The first-order valence-electron chi connectivity index (χ1n) is 9.59. The fraction of sp³-hybridized carbons (Fsp3) is 0.476. The van der Waals surface area contributed by atoms with E-state index in [4.69, 9.17) is 0 Å². The standard InChI is InChI=1S/C21H21BrN2O3/c22-15-6-4-14(5-7-15)21(8-1-9-21)23-16(25)11-24-19(26)17-12-2-3-13(10-12)18(17)20(24)27/h2-7,12-13,17-18H,1,8-11H2,(H,23,25)/t12-,13-,17-,18+/m0/s1. The maximum atomic E-state index is 12.8. The van der Waals surface area contributed by atoms with Crippen LogP contribution < -0.4 is 5.32 Å². The summed E-state index contributed by atoms with van der Waals surface area (Å²) in [5.41, 5.74) is 0.698. The molecule has 1 N–H and O–H groups in total. The Balaban J connectivity index is 1.30. The number of carbonyl (C=O) groups excluding carboxylic acids is 3. The lowest BCUT2D eigenvalue weighted by atomic mass is 9.72. The number of hydrogen-bond donors (Lipinski definition) is 1. The van der Waals surface area contributed by atoms with Gasteiger partial charge in [-0.1, -0.05) is 40.2 Å². The normalized spacial score (nSPS) is 32.6. The largest absolute Gasteiger partial charge is 0.345 e. The summed E-state index contributed by atoms with van der Waals surface area (Å²) in [6, 6.07) is 7.98. The molecule has 1 aromatic carbocycles. The van der Waals surface area contributed by atoms with Gasteiger partial charge in [-0.25, -0.2) is 0 Å². The third-order valence-electron chi connectivity index (χ3n) is 6.85. The summed E-state index contributed by atoms with van der Waals surface area (Å²) in [7, 11) is 0. The number of benzene rings is 1. The van der Waals surface area contributed by atoms with E-state index in [2.05, 4.69) is 33.4 Å². The van der Waals surface area contributed by atoms with Crippen LogP contribution in [0.25, 0.3) is 0 Å². The molecule has 3 fully saturated rings. The van der Waals surface area contributed by atoms with Crippen LogP contribution in [0.3, 0.4) is 0 Å². The molecule has 4 atom stereocenters. The lowest BCUT2D eigenvalue weighted by Gasteiger charge is -2.43. The highest BCUT2D eigenvalue weighted by molar-refractivity contribution is 9.10. The van der Waals surface area contributed by atoms with E-state index in [1.807, 2.05) is 24.3 Å². The summed E-state index contributed by atoms with van der Waals surface area (Å²) < 4.78 is 0.995. The number of carbonyl (C=O) groups is 3. The summed E-state index contributed by atoms with van der Waals surface area (Å²) in [5.74, 6) is -0.726. The number of halogens is 1. The first kappa shape index (κ1) is 17.2. The minimum Gasteiger partial charge on any atom is -0.345 e. The summed E-state index contributed by atoms with van der Waals surface area (Å²) in [6.07, 6.45) is 7.84. The zero-order chi connectivity index (χ0) is 18.8. The van der Waals surface area contributed by atoms with E-state index in [9.17, 15) is 14.4 Å². The molecule has 27 heavy (non-hydrogen) atoms. The number of allylic oxidation sites excluding steroid dienone is 2. The molecule has 2 saturated carbocycles. The Morgan fingerprint density at radius 3 is 2.19 bits per heavy atom. The molecular formula is C21H21BrN2O3. The quantitative estimate of drug-likeness (QED) is 0.592. The summed E-state index contributed by atoms with van der Waals surface area (Å²) >= 11 is 3.44. The monoisotopic (exact) mass is 428 g/mol. The Morgan fingerprint density at radius 2 is 1.67 bits per heavy atom. The maximum absolute atomic E-state index is 12.8. The van der Waals surface area contributed by atoms with Crippen molar-refractivity contribution in [2.75, 3.05) is 6.54 Å². The van der Waals surface area contributed by atoms with Gasteiger partial charge < -0.3 is 5.32 Å². The zero-order valence-corrected chi connectivity index (χ0v) is 16.4. The molecule has 4 aliphatic rings. The highest BCUT2D eigenvalue weighted by atomic mass is 79.9. The Morgan fingerprint density at radius 1 is 1.07 bits per heavy atom. The van der Waals surface area contributed by atoms with Gasteiger partial charge >= 0.3 is 0 Å². The minimum atomic E-state index is -0.375. The third kappa shape index (κ3) is 2.53. The molecule has 1 aliphatic heterocycles. The van der Waals surface area contributed by atoms with Crippen LogP contribution in [-0.2, 0) is 19.9 Å². The predicted octanol–water partition coefficient (Wildman–Crippen LogP) is 2.75. The van der Waals surface area contributed by atoms with Crippen molar-refractivity contribution in [3.8, 4) is 0 Å². The second-order valence-electron chi connectivity index (χ2n) is 8.25. The van der Waals surface area contributed by atoms with E-state index in [-0.39, 0.29) is 53.5 Å². The lowest BCUT2D eigenvalue weighted by Crippen LogP contribution is -2.54. The molecule has 0 radical (unpaired) electrons. The Labute approximate surface area is 166 Å². The molecule has 140 valence electrons. The number of amides is 3. The summed E-state index contributed by atoms with van der Waals surface area (Å²) in [4.78, 5) is 39.5. The van der Waals surface area contributed by atoms with Gasteiger partial charge in [0.15, 0.2) is 0 Å². The Bertz CT molecular complexity index is 829. The van der Waals surface area contributed by atoms with E-state index in [0.29, 0.717) is 0 Å². The van der Waals surface area contributed by atoms with Crippen LogP contribution in [0.4, 0.5) is 0 Å². The van der Waals surface area contributed by atoms with E-state index in [1.165, 1.54) is 4.90 Å². The molecule has 3 aliphatic carbocycles. The molecule has 3 amide bonds. The molecule has 5 nitrogen and oxygen atoms in total. The molecule has 2 bridgehead atoms. The molecule has 1 saturated heterocycles. The van der Waals surface area contributed by atoms with Gasteiger partial charge in [-0.2, -0.15) is 0 Å². The molecule has 1 aromatic rings. The van der Waals surface area contributed by atoms with Crippen LogP contribution in [0, 0.1) is 23.7 Å². The van der Waals surface area contributed by atoms with Crippen molar-refractivity contribution >= 4 is 33.7 Å². The Kier molecular flexibility index (Phi) is 3.83. The van der Waals surface area contributed by atoms with Crippen molar-refractivity contribution in [3.63, 3.8) is 0 Å². The highest BCUT2D eigenvalue weighted by Gasteiger charge is 2.59. The van der Waals surface area contributed by atoms with Gasteiger partial charge in [0, 0.05) is 4.47 Å². The van der Waals surface area contributed by atoms with E-state index < -0.39 is 0 Å². The number of nitrogens with one attached hydrogen (secondary N) is 1. The minimum absolute atomic E-state index is 0.164. The number of fused-ring (bicyclic) bond motifs is 5. The number of nitrogens with zero attached hydrogens (tertiary/aromatic N) is 1. The van der Waals surface area contributed by atoms with Gasteiger partial charge in [0.2, 0.25) is 17.7 Å². The van der Waals surface area contributed by atoms with Crippen LogP contribution in [0.5, 0.6) is 0 Å². The van der Waals surface area contributed by atoms with Crippen LogP contribution >= 0.6 is 15.9 Å². The smallest absolute Gasteiger partial charge is 0.240 e. The predicted molar refractivity (Wildman–Crippen MR) is 102 cm³/mol. The number of imide groups is 1. The number of likely N-dealkylation sites (tertiary alicyclic amines) is 1. The van der Waals surface area contributed by atoms with Gasteiger partial charge in [0.05, 0.1) is 17.4 Å². The fourth-order valence-corrected chi connectivity index (χ4v) is 5.62. The molecule has 5 rings (SSSR count). The van der Waals surface area contributed by atoms with Crippen molar-refractivity contribution in [2.45, 2.75) is 31.2 Å². The molecule has 1 heterocycles. The van der Waals surface area contributed by atoms with Crippen molar-refractivity contribution in [2.24, 2.45) is 23.7 Å². The maximum Gasteiger partial charge on any atom is 0.240 e. The lowest BCUT2D eigenvalue weighted by molar-refractivity contribution is -0.145. The van der Waals surface area contributed by atoms with Gasteiger partial charge in [0.1, 0.15) is 6.54 Å². The average Bonchev–Trinajstić information content (AvgIpc) is 3.29. The molecule has 0 aromatic heterocycles. The van der Waals surface area contributed by atoms with Gasteiger partial charge in [-0.3, -0.25) is 19.3 Å². The number of hydrogen-bond acceptors (Lipinski definition) is 3. The van der Waals surface area contributed by atoms with Crippen LogP contribution in [-0.4, -0.2) is 29.2 Å². The van der Waals surface area contributed by atoms with E-state index in [1.54, 1.807) is 0 Å². The number of rotatable bonds is 4. The van der Waals surface area contributed by atoms with Gasteiger partial charge in [0.25, 0.3) is 0 Å². The third-order valence-corrected chi connectivity index (χ3v) is 7.37. The van der Waals surface area contributed by atoms with Crippen LogP contribution in [0.2, 0.25) is 0 Å². The van der Waals surface area contributed by atoms with E-state index in [0.717, 1.165) is 35.7 Å². The summed E-state index contributed by atoms with van der Waals surface area (Å²) in [6.45, 7) is -0.164. The molecular weight excluding hydrogens is 408 g/mol. The van der Waals surface area contributed by atoms with Gasteiger partial charge in [-0.15, -0.1) is 0 Å². The molecule has 0 spiro atoms. The first-order chi connectivity index (χ1) is 13.0. The Hall–Kier alpha value is -1.95. The van der Waals surface area contributed by atoms with Gasteiger partial charge in [-0.05, 0) is 55.2 Å². The SMILES string of the molecule is O=C(CN1C(=O)[C@@H]2[C@H](C1=O)[C@H]1C=C[C@H]2C1)NC1(c2ccc(Br)cc2)CCC1. The van der Waals surface area contributed by atoms with E-state index >= 15 is 0 Å². The highest BCUT2D eigenvalue weighted by Crippen LogP contribution is 2.52. The topological polar surface area (TPSA) is 66.5 Å². The molecule has 0 unspecified atom stereocenters. The van der Waals surface area contributed by atoms with Crippen molar-refractivity contribution in [1.82, 2.24) is 10.2 Å². The molecule has 6 heteroatoms. The van der Waals surface area contributed by atoms with Crippen LogP contribution in [0.1, 0.15) is 31.2 Å². The second-order valence-corrected chi connectivity index (χ2v) is 9.17. The van der Waals surface area contributed by atoms with Crippen molar-refractivity contribution in [3.05, 3.63) is 46.5 Å². The second kappa shape index (κ2) is 6.03. The first-order valence-corrected chi connectivity index (χ1v) is 10.4. The summed E-state index contributed by atoms with van der Waals surface area (Å²) in [5, 5.41) is 3.12. The van der Waals surface area contributed by atoms with Crippen molar-refractivity contribution in [1.29, 1.82) is 0 Å².